The highest BCUT2D eigenvalue weighted by molar-refractivity contribution is 7.98. The number of anilines is 1. The summed E-state index contributed by atoms with van der Waals surface area (Å²) >= 11 is 1.45. The highest BCUT2D eigenvalue weighted by atomic mass is 32.2. The Morgan fingerprint density at radius 2 is 1.59 bits per heavy atom. The van der Waals surface area contributed by atoms with E-state index >= 15 is 0 Å². The number of hydrogen-bond acceptors (Lipinski definition) is 4. The first-order valence-corrected chi connectivity index (χ1v) is 12.3. The fourth-order valence-electron chi connectivity index (χ4n) is 3.04. The summed E-state index contributed by atoms with van der Waals surface area (Å²) in [6.45, 7) is 11.5. The van der Waals surface area contributed by atoms with Gasteiger partial charge in [0, 0.05) is 16.9 Å². The number of nitrogens with one attached hydrogen (secondary N) is 2. The molecule has 158 valence electrons. The van der Waals surface area contributed by atoms with Gasteiger partial charge in [-0.05, 0) is 74.4 Å². The van der Waals surface area contributed by atoms with Crippen LogP contribution in [0.25, 0.3) is 0 Å². The van der Waals surface area contributed by atoms with E-state index in [9.17, 15) is 13.2 Å². The van der Waals surface area contributed by atoms with Crippen LogP contribution < -0.4 is 10.0 Å². The number of rotatable bonds is 7. The second-order valence-electron chi connectivity index (χ2n) is 7.64. The number of sulfonamides is 1. The lowest BCUT2D eigenvalue weighted by Crippen LogP contribution is -2.27. The Balaban J connectivity index is 2.35. The summed E-state index contributed by atoms with van der Waals surface area (Å²) < 4.78 is 28.8. The molecule has 0 heterocycles. The lowest BCUT2D eigenvalue weighted by atomic mass is 9.97. The van der Waals surface area contributed by atoms with Gasteiger partial charge in [0.15, 0.2) is 0 Å². The minimum Gasteiger partial charge on any atom is -0.325 e. The van der Waals surface area contributed by atoms with Crippen LogP contribution >= 0.6 is 11.8 Å². The number of hydrogen-bond donors (Lipinski definition) is 2. The molecule has 0 bridgehead atoms. The number of thioether (sulfide) groups is 1. The second kappa shape index (κ2) is 9.32. The van der Waals surface area contributed by atoms with Gasteiger partial charge in [-0.25, -0.2) is 13.1 Å². The van der Waals surface area contributed by atoms with Crippen LogP contribution in [0.5, 0.6) is 0 Å². The van der Waals surface area contributed by atoms with Crippen molar-refractivity contribution in [1.29, 1.82) is 0 Å². The molecule has 0 radical (unpaired) electrons. The first-order chi connectivity index (χ1) is 13.5. The van der Waals surface area contributed by atoms with Gasteiger partial charge >= 0.3 is 0 Å². The van der Waals surface area contributed by atoms with E-state index in [-0.39, 0.29) is 22.8 Å². The van der Waals surface area contributed by atoms with Gasteiger partial charge in [-0.3, -0.25) is 4.79 Å². The van der Waals surface area contributed by atoms with E-state index in [1.165, 1.54) is 23.4 Å². The van der Waals surface area contributed by atoms with Gasteiger partial charge in [0.2, 0.25) is 15.9 Å². The first kappa shape index (κ1) is 23.4. The number of carbonyl (C=O) groups excluding carboxylic acids is 1. The van der Waals surface area contributed by atoms with Crippen molar-refractivity contribution in [1.82, 2.24) is 4.72 Å². The Morgan fingerprint density at radius 3 is 2.17 bits per heavy atom. The van der Waals surface area contributed by atoms with Gasteiger partial charge in [0.1, 0.15) is 0 Å². The molecule has 0 saturated carbocycles. The first-order valence-electron chi connectivity index (χ1n) is 9.55. The number of amides is 1. The van der Waals surface area contributed by atoms with Crippen molar-refractivity contribution in [3.8, 4) is 0 Å². The van der Waals surface area contributed by atoms with Crippen molar-refractivity contribution >= 4 is 33.4 Å². The third kappa shape index (κ3) is 5.62. The van der Waals surface area contributed by atoms with Crippen LogP contribution in [0.1, 0.15) is 49.1 Å². The van der Waals surface area contributed by atoms with E-state index in [4.69, 9.17) is 0 Å². The van der Waals surface area contributed by atoms with E-state index in [2.05, 4.69) is 16.1 Å². The number of benzene rings is 2. The van der Waals surface area contributed by atoms with Crippen LogP contribution in [0.15, 0.2) is 40.1 Å². The molecule has 5 nitrogen and oxygen atoms in total. The van der Waals surface area contributed by atoms with E-state index in [1.54, 1.807) is 26.0 Å². The van der Waals surface area contributed by atoms with E-state index in [0.717, 1.165) is 21.6 Å². The fraction of sp³-hybridized carbons (Fsp3) is 0.409. The van der Waals surface area contributed by atoms with Crippen LogP contribution in [0.2, 0.25) is 0 Å². The Hall–Kier alpha value is -1.83. The largest absolute Gasteiger partial charge is 0.325 e. The molecular formula is C22H30N2O3S2. The fourth-order valence-corrected chi connectivity index (χ4v) is 4.83. The zero-order chi connectivity index (χ0) is 21.9. The molecule has 1 atom stereocenters. The summed E-state index contributed by atoms with van der Waals surface area (Å²) in [5.74, 6) is -0.349. The quantitative estimate of drug-likeness (QED) is 0.604. The molecule has 0 aliphatic carbocycles. The van der Waals surface area contributed by atoms with Crippen molar-refractivity contribution in [2.45, 2.75) is 57.4 Å². The molecule has 2 N–H and O–H groups in total. The molecule has 7 heteroatoms. The second-order valence-corrected chi connectivity index (χ2v) is 10.2. The summed E-state index contributed by atoms with van der Waals surface area (Å²) in [4.78, 5) is 13.1. The number of carbonyl (C=O) groups is 1. The van der Waals surface area contributed by atoms with Gasteiger partial charge in [-0.2, -0.15) is 0 Å². The summed E-state index contributed by atoms with van der Waals surface area (Å²) in [5.41, 5.74) is 4.81. The Bertz CT molecular complexity index is 1010. The topological polar surface area (TPSA) is 75.3 Å². The summed E-state index contributed by atoms with van der Waals surface area (Å²) in [6.07, 6.45) is 1.89. The lowest BCUT2D eigenvalue weighted by Gasteiger charge is -2.19. The van der Waals surface area contributed by atoms with Crippen molar-refractivity contribution in [2.24, 2.45) is 5.92 Å². The zero-order valence-corrected chi connectivity index (χ0v) is 19.7. The van der Waals surface area contributed by atoms with Crippen molar-refractivity contribution in [3.05, 3.63) is 52.6 Å². The van der Waals surface area contributed by atoms with Gasteiger partial charge in [-0.15, -0.1) is 11.8 Å². The molecule has 1 amide bonds. The molecule has 0 unspecified atom stereocenters. The molecule has 0 aliphatic rings. The van der Waals surface area contributed by atoms with Crippen molar-refractivity contribution < 1.29 is 13.2 Å². The predicted molar refractivity (Wildman–Crippen MR) is 121 cm³/mol. The molecule has 2 aromatic rings. The Morgan fingerprint density at radius 1 is 0.966 bits per heavy atom. The van der Waals surface area contributed by atoms with E-state index < -0.39 is 10.0 Å². The monoisotopic (exact) mass is 434 g/mol. The maximum Gasteiger partial charge on any atom is 0.241 e. The third-order valence-corrected chi connectivity index (χ3v) is 7.28. The van der Waals surface area contributed by atoms with Gasteiger partial charge in [0.05, 0.1) is 10.6 Å². The Kier molecular flexibility index (Phi) is 7.54. The minimum atomic E-state index is -3.76. The van der Waals surface area contributed by atoms with Crippen LogP contribution in [-0.4, -0.2) is 20.6 Å². The molecule has 0 aromatic heterocycles. The van der Waals surface area contributed by atoms with Gasteiger partial charge in [0.25, 0.3) is 0 Å². The van der Waals surface area contributed by atoms with E-state index in [1.807, 2.05) is 40.0 Å². The molecule has 0 aliphatic heterocycles. The smallest absolute Gasteiger partial charge is 0.241 e. The Labute approximate surface area is 178 Å². The SMILES string of the molecule is CSc1ccc(S(=O)(=O)N[C@H](C)c2cc(C)c(C)cc2C)cc1NC(=O)C(C)C. The molecule has 0 fully saturated rings. The molecule has 2 aromatic carbocycles. The van der Waals surface area contributed by atoms with Crippen LogP contribution in [0, 0.1) is 26.7 Å². The molecule has 2 rings (SSSR count). The summed E-state index contributed by atoms with van der Waals surface area (Å²) in [6, 6.07) is 8.54. The standard InChI is InChI=1S/C22H30N2O3S2/c1-13(2)22(25)23-20-12-18(8-9-21(20)28-7)29(26,27)24-17(6)19-11-15(4)14(3)10-16(19)5/h8-13,17,24H,1-7H3,(H,23,25)/t17-/m1/s1. The van der Waals surface area contributed by atoms with Gasteiger partial charge < -0.3 is 5.32 Å². The number of aryl methyl sites for hydroxylation is 3. The average Bonchev–Trinajstić information content (AvgIpc) is 2.64. The maximum absolute atomic E-state index is 13.0. The average molecular weight is 435 g/mol. The third-order valence-electron chi connectivity index (χ3n) is 4.94. The highest BCUT2D eigenvalue weighted by Crippen LogP contribution is 2.30. The van der Waals surface area contributed by atoms with Gasteiger partial charge in [-0.1, -0.05) is 26.0 Å². The van der Waals surface area contributed by atoms with Crippen LogP contribution in [0.3, 0.4) is 0 Å². The van der Waals surface area contributed by atoms with Crippen LogP contribution in [0.4, 0.5) is 5.69 Å². The predicted octanol–water partition coefficient (Wildman–Crippen LogP) is 4.97. The molecule has 0 spiro atoms. The molecule has 0 saturated heterocycles. The van der Waals surface area contributed by atoms with Crippen molar-refractivity contribution in [2.75, 3.05) is 11.6 Å². The zero-order valence-electron chi connectivity index (χ0n) is 18.1. The van der Waals surface area contributed by atoms with Crippen LogP contribution in [-0.2, 0) is 14.8 Å². The normalized spacial score (nSPS) is 12.8. The lowest BCUT2D eigenvalue weighted by molar-refractivity contribution is -0.118. The highest BCUT2D eigenvalue weighted by Gasteiger charge is 2.22. The summed E-state index contributed by atoms with van der Waals surface area (Å²) in [7, 11) is -3.76. The maximum atomic E-state index is 13.0. The minimum absolute atomic E-state index is 0.127. The van der Waals surface area contributed by atoms with E-state index in [0.29, 0.717) is 5.69 Å². The molecule has 29 heavy (non-hydrogen) atoms. The molecular weight excluding hydrogens is 404 g/mol. The van der Waals surface area contributed by atoms with Crippen molar-refractivity contribution in [3.63, 3.8) is 0 Å². The summed E-state index contributed by atoms with van der Waals surface area (Å²) in [5, 5.41) is 2.83.